The van der Waals surface area contributed by atoms with E-state index in [1.807, 2.05) is 5.32 Å². The molecule has 1 aromatic rings. The van der Waals surface area contributed by atoms with Crippen molar-refractivity contribution >= 4 is 23.5 Å². The highest BCUT2D eigenvalue weighted by molar-refractivity contribution is 6.32. The van der Waals surface area contributed by atoms with Gasteiger partial charge in [0, 0.05) is 0 Å². The van der Waals surface area contributed by atoms with E-state index in [2.05, 4.69) is 0 Å². The van der Waals surface area contributed by atoms with Crippen molar-refractivity contribution in [1.29, 1.82) is 0 Å². The first-order valence-corrected chi connectivity index (χ1v) is 5.52. The van der Waals surface area contributed by atoms with Crippen LogP contribution in [0.25, 0.3) is 0 Å². The summed E-state index contributed by atoms with van der Waals surface area (Å²) in [6.45, 7) is -1.24. The van der Waals surface area contributed by atoms with E-state index < -0.39 is 36.9 Å². The highest BCUT2D eigenvalue weighted by atomic mass is 35.5. The third-order valence-electron chi connectivity index (χ3n) is 2.07. The fourth-order valence-corrected chi connectivity index (χ4v) is 1.38. The first-order valence-electron chi connectivity index (χ1n) is 5.15. The van der Waals surface area contributed by atoms with E-state index in [4.69, 9.17) is 26.6 Å². The number of aliphatic carboxylic acids is 1. The second-order valence-electron chi connectivity index (χ2n) is 3.50. The number of hydrogen-bond donors (Lipinski definition) is 3. The lowest BCUT2D eigenvalue weighted by Crippen LogP contribution is -2.45. The van der Waals surface area contributed by atoms with Gasteiger partial charge < -0.3 is 20.3 Å². The average molecular weight is 292 g/mol. The number of amides is 1. The van der Waals surface area contributed by atoms with Crippen LogP contribution in [-0.2, 0) is 9.59 Å². The van der Waals surface area contributed by atoms with E-state index in [0.29, 0.717) is 0 Å². The van der Waals surface area contributed by atoms with Gasteiger partial charge >= 0.3 is 5.97 Å². The van der Waals surface area contributed by atoms with Gasteiger partial charge in [-0.15, -0.1) is 0 Å². The summed E-state index contributed by atoms with van der Waals surface area (Å²) >= 11 is 5.67. The van der Waals surface area contributed by atoms with Crippen LogP contribution in [0.15, 0.2) is 18.2 Å². The van der Waals surface area contributed by atoms with Crippen LogP contribution in [0.4, 0.5) is 4.39 Å². The fraction of sp³-hybridized carbons (Fsp3) is 0.273. The Kier molecular flexibility index (Phi) is 5.53. The molecule has 0 saturated heterocycles. The Labute approximate surface area is 112 Å². The van der Waals surface area contributed by atoms with Crippen molar-refractivity contribution in [2.24, 2.45) is 0 Å². The highest BCUT2D eigenvalue weighted by Crippen LogP contribution is 2.24. The van der Waals surface area contributed by atoms with Gasteiger partial charge in [-0.05, 0) is 18.2 Å². The molecule has 8 heteroatoms. The fourth-order valence-electron chi connectivity index (χ4n) is 1.16. The number of ether oxygens (including phenoxy) is 1. The molecule has 19 heavy (non-hydrogen) atoms. The standard InChI is InChI=1S/C11H11ClFNO5/c12-7-3-6(13)1-2-9(7)19-5-10(16)14-8(4-15)11(17)18/h1-3,8,15H,4-5H2,(H,14,16)(H,17,18)/t8-/m0/s1. The summed E-state index contributed by atoms with van der Waals surface area (Å²) in [7, 11) is 0. The van der Waals surface area contributed by atoms with Crippen LogP contribution in [0.3, 0.4) is 0 Å². The van der Waals surface area contributed by atoms with E-state index >= 15 is 0 Å². The van der Waals surface area contributed by atoms with E-state index in [1.165, 1.54) is 6.07 Å². The van der Waals surface area contributed by atoms with E-state index in [1.54, 1.807) is 0 Å². The van der Waals surface area contributed by atoms with Gasteiger partial charge in [0.05, 0.1) is 11.6 Å². The van der Waals surface area contributed by atoms with Crippen LogP contribution in [0.2, 0.25) is 5.02 Å². The zero-order valence-corrected chi connectivity index (χ0v) is 10.4. The number of rotatable bonds is 6. The third-order valence-corrected chi connectivity index (χ3v) is 2.36. The molecule has 1 atom stereocenters. The van der Waals surface area contributed by atoms with Crippen molar-refractivity contribution < 1.29 is 28.9 Å². The Bertz CT molecular complexity index is 482. The summed E-state index contributed by atoms with van der Waals surface area (Å²) < 4.78 is 17.7. The first-order chi connectivity index (χ1) is 8.93. The zero-order valence-electron chi connectivity index (χ0n) is 9.60. The molecule has 1 amide bonds. The van der Waals surface area contributed by atoms with Crippen molar-refractivity contribution in [3.8, 4) is 5.75 Å². The van der Waals surface area contributed by atoms with Crippen LogP contribution < -0.4 is 10.1 Å². The van der Waals surface area contributed by atoms with Gasteiger partial charge in [0.1, 0.15) is 17.6 Å². The quantitative estimate of drug-likeness (QED) is 0.706. The molecule has 0 saturated carbocycles. The molecule has 0 unspecified atom stereocenters. The summed E-state index contributed by atoms with van der Waals surface area (Å²) in [5, 5.41) is 19.3. The Morgan fingerprint density at radius 3 is 2.68 bits per heavy atom. The smallest absolute Gasteiger partial charge is 0.328 e. The molecule has 0 spiro atoms. The number of aliphatic hydroxyl groups excluding tert-OH is 1. The molecule has 3 N–H and O–H groups in total. The lowest BCUT2D eigenvalue weighted by Gasteiger charge is -2.12. The molecule has 6 nitrogen and oxygen atoms in total. The number of benzene rings is 1. The van der Waals surface area contributed by atoms with Crippen LogP contribution >= 0.6 is 11.6 Å². The lowest BCUT2D eigenvalue weighted by atomic mass is 10.3. The van der Waals surface area contributed by atoms with Gasteiger partial charge in [0.15, 0.2) is 6.61 Å². The maximum Gasteiger partial charge on any atom is 0.328 e. The average Bonchev–Trinajstić information content (AvgIpc) is 2.34. The summed E-state index contributed by atoms with van der Waals surface area (Å²) in [5.41, 5.74) is 0. The lowest BCUT2D eigenvalue weighted by molar-refractivity contribution is -0.143. The molecule has 0 aliphatic heterocycles. The number of hydrogen-bond acceptors (Lipinski definition) is 4. The Morgan fingerprint density at radius 1 is 1.47 bits per heavy atom. The molecule has 1 aromatic carbocycles. The minimum atomic E-state index is -1.40. The Hall–Kier alpha value is -1.86. The molecular formula is C11H11ClFNO5. The Balaban J connectivity index is 2.52. The van der Waals surface area contributed by atoms with Crippen molar-refractivity contribution in [1.82, 2.24) is 5.32 Å². The van der Waals surface area contributed by atoms with E-state index in [-0.39, 0.29) is 10.8 Å². The Morgan fingerprint density at radius 2 is 2.16 bits per heavy atom. The monoisotopic (exact) mass is 291 g/mol. The van der Waals surface area contributed by atoms with Crippen molar-refractivity contribution in [2.45, 2.75) is 6.04 Å². The van der Waals surface area contributed by atoms with E-state index in [0.717, 1.165) is 12.1 Å². The van der Waals surface area contributed by atoms with Gasteiger partial charge in [-0.3, -0.25) is 4.79 Å². The largest absolute Gasteiger partial charge is 0.482 e. The summed E-state index contributed by atoms with van der Waals surface area (Å²) in [5.74, 6) is -2.57. The van der Waals surface area contributed by atoms with E-state index in [9.17, 15) is 14.0 Å². The number of aliphatic hydroxyl groups is 1. The van der Waals surface area contributed by atoms with Gasteiger partial charge in [-0.2, -0.15) is 0 Å². The number of carbonyl (C=O) groups is 2. The summed E-state index contributed by atoms with van der Waals surface area (Å²) in [6.07, 6.45) is 0. The van der Waals surface area contributed by atoms with Crippen LogP contribution in [0, 0.1) is 5.82 Å². The van der Waals surface area contributed by atoms with Crippen LogP contribution in [0.5, 0.6) is 5.75 Å². The predicted octanol–water partition coefficient (Wildman–Crippen LogP) is 0.420. The second kappa shape index (κ2) is 6.91. The number of carboxylic acid groups (broad SMARTS) is 1. The molecule has 0 aliphatic rings. The van der Waals surface area contributed by atoms with Gasteiger partial charge in [-0.1, -0.05) is 11.6 Å². The molecule has 0 bridgehead atoms. The maximum atomic E-state index is 12.7. The molecule has 0 aromatic heterocycles. The first kappa shape index (κ1) is 15.2. The molecule has 104 valence electrons. The SMILES string of the molecule is O=C(COc1ccc(F)cc1Cl)N[C@@H](CO)C(=O)O. The maximum absolute atomic E-state index is 12.7. The topological polar surface area (TPSA) is 95.9 Å². The molecule has 1 rings (SSSR count). The molecule has 0 fully saturated rings. The number of carbonyl (C=O) groups excluding carboxylic acids is 1. The summed E-state index contributed by atoms with van der Waals surface area (Å²) in [6, 6.07) is 1.96. The third kappa shape index (κ3) is 4.72. The number of nitrogens with one attached hydrogen (secondary N) is 1. The van der Waals surface area contributed by atoms with Crippen LogP contribution in [-0.4, -0.2) is 41.3 Å². The normalized spacial score (nSPS) is 11.7. The highest BCUT2D eigenvalue weighted by Gasteiger charge is 2.19. The minimum Gasteiger partial charge on any atom is -0.482 e. The minimum absolute atomic E-state index is 0.00950. The number of halogens is 2. The van der Waals surface area contributed by atoms with Crippen molar-refractivity contribution in [3.63, 3.8) is 0 Å². The molecular weight excluding hydrogens is 281 g/mol. The van der Waals surface area contributed by atoms with Gasteiger partial charge in [-0.25, -0.2) is 9.18 Å². The van der Waals surface area contributed by atoms with Gasteiger partial charge in [0.2, 0.25) is 0 Å². The van der Waals surface area contributed by atoms with Crippen molar-refractivity contribution in [3.05, 3.63) is 29.0 Å². The molecule has 0 heterocycles. The zero-order chi connectivity index (χ0) is 14.4. The number of carboxylic acids is 1. The molecule has 0 aliphatic carbocycles. The predicted molar refractivity (Wildman–Crippen MR) is 63.6 cm³/mol. The summed E-state index contributed by atoms with van der Waals surface area (Å²) in [4.78, 5) is 21.9. The van der Waals surface area contributed by atoms with Gasteiger partial charge in [0.25, 0.3) is 5.91 Å². The van der Waals surface area contributed by atoms with Crippen molar-refractivity contribution in [2.75, 3.05) is 13.2 Å². The molecule has 0 radical (unpaired) electrons. The van der Waals surface area contributed by atoms with Crippen LogP contribution in [0.1, 0.15) is 0 Å². The second-order valence-corrected chi connectivity index (χ2v) is 3.91.